The Labute approximate surface area is 96.3 Å². The summed E-state index contributed by atoms with van der Waals surface area (Å²) in [7, 11) is 1.93. The molecule has 5 nitrogen and oxygen atoms in total. The Morgan fingerprint density at radius 1 is 1.38 bits per heavy atom. The number of piperazine rings is 1. The van der Waals surface area contributed by atoms with Crippen LogP contribution >= 0.6 is 0 Å². The van der Waals surface area contributed by atoms with Crippen LogP contribution < -0.4 is 15.5 Å². The summed E-state index contributed by atoms with van der Waals surface area (Å²) in [4.78, 5) is 11.2. The van der Waals surface area contributed by atoms with Crippen molar-refractivity contribution in [3.05, 3.63) is 17.6 Å². The summed E-state index contributed by atoms with van der Waals surface area (Å²) in [5.41, 5.74) is 1.06. The fourth-order valence-corrected chi connectivity index (χ4v) is 1.94. The first kappa shape index (κ1) is 11.3. The Balaban J connectivity index is 2.18. The van der Waals surface area contributed by atoms with Gasteiger partial charge in [-0.3, -0.25) is 0 Å². The average molecular weight is 221 g/mol. The van der Waals surface area contributed by atoms with Gasteiger partial charge in [0.25, 0.3) is 0 Å². The molecule has 0 atom stereocenters. The van der Waals surface area contributed by atoms with Gasteiger partial charge in [-0.05, 0) is 14.0 Å². The highest BCUT2D eigenvalue weighted by molar-refractivity contribution is 5.40. The van der Waals surface area contributed by atoms with Crippen LogP contribution in [0.2, 0.25) is 0 Å². The van der Waals surface area contributed by atoms with Gasteiger partial charge in [0.15, 0.2) is 0 Å². The average Bonchev–Trinajstić information content (AvgIpc) is 2.30. The van der Waals surface area contributed by atoms with Crippen molar-refractivity contribution in [1.82, 2.24) is 20.6 Å². The lowest BCUT2D eigenvalue weighted by Gasteiger charge is -2.28. The molecule has 1 aliphatic heterocycles. The third-order valence-corrected chi connectivity index (χ3v) is 2.68. The summed E-state index contributed by atoms with van der Waals surface area (Å²) in [5.74, 6) is 1.90. The quantitative estimate of drug-likeness (QED) is 0.747. The summed E-state index contributed by atoms with van der Waals surface area (Å²) in [6, 6.07) is 2.08. The number of anilines is 1. The van der Waals surface area contributed by atoms with Crippen LogP contribution in [0, 0.1) is 6.92 Å². The minimum Gasteiger partial charge on any atom is -0.354 e. The fraction of sp³-hybridized carbons (Fsp3) is 0.636. The van der Waals surface area contributed by atoms with Crippen molar-refractivity contribution in [2.24, 2.45) is 0 Å². The lowest BCUT2D eigenvalue weighted by molar-refractivity contribution is 0.583. The maximum atomic E-state index is 4.50. The maximum Gasteiger partial charge on any atom is 0.132 e. The van der Waals surface area contributed by atoms with Crippen LogP contribution in [0.25, 0.3) is 0 Å². The van der Waals surface area contributed by atoms with Gasteiger partial charge in [-0.2, -0.15) is 0 Å². The molecule has 1 fully saturated rings. The number of hydrogen-bond acceptors (Lipinski definition) is 5. The van der Waals surface area contributed by atoms with Gasteiger partial charge in [-0.15, -0.1) is 0 Å². The van der Waals surface area contributed by atoms with Crippen molar-refractivity contribution in [3.63, 3.8) is 0 Å². The molecule has 2 N–H and O–H groups in total. The van der Waals surface area contributed by atoms with Gasteiger partial charge in [0.05, 0.1) is 5.69 Å². The van der Waals surface area contributed by atoms with Crippen molar-refractivity contribution in [3.8, 4) is 0 Å². The molecule has 1 aromatic rings. The highest BCUT2D eigenvalue weighted by Gasteiger charge is 2.12. The van der Waals surface area contributed by atoms with E-state index < -0.39 is 0 Å². The van der Waals surface area contributed by atoms with Gasteiger partial charge in [0.2, 0.25) is 0 Å². The molecular weight excluding hydrogens is 202 g/mol. The number of aromatic nitrogens is 2. The van der Waals surface area contributed by atoms with Gasteiger partial charge in [0, 0.05) is 38.8 Å². The van der Waals surface area contributed by atoms with Crippen LogP contribution in [0.15, 0.2) is 6.07 Å². The Hall–Kier alpha value is -1.20. The molecule has 1 aliphatic rings. The molecule has 0 amide bonds. The Morgan fingerprint density at radius 2 is 2.12 bits per heavy atom. The van der Waals surface area contributed by atoms with Crippen LogP contribution in [-0.4, -0.2) is 43.2 Å². The number of nitrogens with one attached hydrogen (secondary N) is 2. The van der Waals surface area contributed by atoms with Gasteiger partial charge in [-0.25, -0.2) is 9.97 Å². The summed E-state index contributed by atoms with van der Waals surface area (Å²) >= 11 is 0. The van der Waals surface area contributed by atoms with E-state index in [0.29, 0.717) is 0 Å². The molecule has 2 rings (SSSR count). The maximum absolute atomic E-state index is 4.50. The minimum absolute atomic E-state index is 0.794. The van der Waals surface area contributed by atoms with Crippen molar-refractivity contribution in [2.75, 3.05) is 38.1 Å². The van der Waals surface area contributed by atoms with Crippen LogP contribution in [0.3, 0.4) is 0 Å². The van der Waals surface area contributed by atoms with E-state index in [0.717, 1.165) is 50.1 Å². The van der Waals surface area contributed by atoms with Crippen molar-refractivity contribution < 1.29 is 0 Å². The van der Waals surface area contributed by atoms with E-state index in [1.54, 1.807) is 0 Å². The van der Waals surface area contributed by atoms with E-state index in [1.807, 2.05) is 14.0 Å². The van der Waals surface area contributed by atoms with E-state index in [-0.39, 0.29) is 0 Å². The SMILES string of the molecule is CNCc1cc(N2CCNCC2)nc(C)n1. The molecular formula is C11H19N5. The van der Waals surface area contributed by atoms with E-state index in [2.05, 4.69) is 31.6 Å². The monoisotopic (exact) mass is 221 g/mol. The Kier molecular flexibility index (Phi) is 3.69. The molecule has 0 aliphatic carbocycles. The second kappa shape index (κ2) is 5.23. The first-order valence-corrected chi connectivity index (χ1v) is 5.74. The zero-order valence-corrected chi connectivity index (χ0v) is 9.95. The third-order valence-electron chi connectivity index (χ3n) is 2.68. The molecule has 1 saturated heterocycles. The summed E-state index contributed by atoms with van der Waals surface area (Å²) < 4.78 is 0. The fourth-order valence-electron chi connectivity index (χ4n) is 1.94. The van der Waals surface area contributed by atoms with E-state index >= 15 is 0 Å². The van der Waals surface area contributed by atoms with Gasteiger partial charge in [0.1, 0.15) is 11.6 Å². The molecule has 0 radical (unpaired) electrons. The van der Waals surface area contributed by atoms with E-state index in [9.17, 15) is 0 Å². The van der Waals surface area contributed by atoms with Crippen LogP contribution in [0.4, 0.5) is 5.82 Å². The Bertz CT molecular complexity index is 346. The van der Waals surface area contributed by atoms with Gasteiger partial charge in [-0.1, -0.05) is 0 Å². The third kappa shape index (κ3) is 2.68. The first-order valence-electron chi connectivity index (χ1n) is 5.74. The van der Waals surface area contributed by atoms with E-state index in [4.69, 9.17) is 0 Å². The normalized spacial score (nSPS) is 16.5. The second-order valence-electron chi connectivity index (χ2n) is 4.03. The Morgan fingerprint density at radius 3 is 2.81 bits per heavy atom. The van der Waals surface area contributed by atoms with Gasteiger partial charge >= 0.3 is 0 Å². The predicted octanol–water partition coefficient (Wildman–Crippen LogP) is -0.0860. The number of nitrogens with zero attached hydrogens (tertiary/aromatic N) is 3. The highest BCUT2D eigenvalue weighted by atomic mass is 15.2. The predicted molar refractivity (Wildman–Crippen MR) is 64.6 cm³/mol. The standard InChI is InChI=1S/C11H19N5/c1-9-14-10(8-12-2)7-11(15-9)16-5-3-13-4-6-16/h7,12-13H,3-6,8H2,1-2H3. The van der Waals surface area contributed by atoms with Crippen molar-refractivity contribution >= 4 is 5.82 Å². The molecule has 0 spiro atoms. The second-order valence-corrected chi connectivity index (χ2v) is 4.03. The minimum atomic E-state index is 0.794. The van der Waals surface area contributed by atoms with Gasteiger partial charge < -0.3 is 15.5 Å². The lowest BCUT2D eigenvalue weighted by Crippen LogP contribution is -2.44. The molecule has 0 bridgehead atoms. The molecule has 1 aromatic heterocycles. The van der Waals surface area contributed by atoms with Crippen LogP contribution in [0.5, 0.6) is 0 Å². The van der Waals surface area contributed by atoms with Crippen LogP contribution in [-0.2, 0) is 6.54 Å². The molecule has 88 valence electrons. The summed E-state index contributed by atoms with van der Waals surface area (Å²) in [5, 5.41) is 6.46. The number of rotatable bonds is 3. The summed E-state index contributed by atoms with van der Waals surface area (Å²) in [6.45, 7) is 6.85. The molecule has 5 heteroatoms. The zero-order valence-electron chi connectivity index (χ0n) is 9.95. The zero-order chi connectivity index (χ0) is 11.4. The van der Waals surface area contributed by atoms with E-state index in [1.165, 1.54) is 0 Å². The first-order chi connectivity index (χ1) is 7.79. The molecule has 16 heavy (non-hydrogen) atoms. The molecule has 0 aromatic carbocycles. The smallest absolute Gasteiger partial charge is 0.132 e. The molecule has 0 saturated carbocycles. The molecule has 2 heterocycles. The lowest BCUT2D eigenvalue weighted by atomic mass is 10.3. The summed E-state index contributed by atoms with van der Waals surface area (Å²) in [6.07, 6.45) is 0. The van der Waals surface area contributed by atoms with Crippen LogP contribution in [0.1, 0.15) is 11.5 Å². The van der Waals surface area contributed by atoms with Crippen molar-refractivity contribution in [2.45, 2.75) is 13.5 Å². The largest absolute Gasteiger partial charge is 0.354 e. The topological polar surface area (TPSA) is 53.1 Å². The molecule has 0 unspecified atom stereocenters. The number of hydrogen-bond donors (Lipinski definition) is 2. The number of aryl methyl sites for hydroxylation is 1. The highest BCUT2D eigenvalue weighted by Crippen LogP contribution is 2.13. The van der Waals surface area contributed by atoms with Crippen molar-refractivity contribution in [1.29, 1.82) is 0 Å².